The number of hydrogen-bond acceptors (Lipinski definition) is 4. The van der Waals surface area contributed by atoms with Gasteiger partial charge in [0.2, 0.25) is 0 Å². The van der Waals surface area contributed by atoms with Gasteiger partial charge in [-0.1, -0.05) is 76.8 Å². The summed E-state index contributed by atoms with van der Waals surface area (Å²) in [7, 11) is -1.46. The highest BCUT2D eigenvalue weighted by atomic mass is 28.3. The number of aromatic nitrogens is 4. The van der Waals surface area contributed by atoms with Gasteiger partial charge in [0, 0.05) is 29.2 Å². The molecule has 3 heterocycles. The first-order chi connectivity index (χ1) is 20.0. The maximum absolute atomic E-state index is 10.8. The molecule has 0 aliphatic rings. The molecular weight excluding hydrogens is 533 g/mol. The molecule has 1 N–H and O–H groups in total. The number of phenols is 1. The van der Waals surface area contributed by atoms with Crippen LogP contribution in [0.2, 0.25) is 19.6 Å². The molecule has 0 fully saturated rings. The highest BCUT2D eigenvalue weighted by molar-refractivity contribution is 6.88. The summed E-state index contributed by atoms with van der Waals surface area (Å²) in [6.45, 7) is 13.7. The van der Waals surface area contributed by atoms with E-state index in [-0.39, 0.29) is 11.2 Å². The molecule has 210 valence electrons. The fourth-order valence-corrected chi connectivity index (χ4v) is 6.29. The number of aromatic hydroxyl groups is 1. The molecule has 0 atom stereocenters. The van der Waals surface area contributed by atoms with Crippen molar-refractivity contribution in [1.29, 1.82) is 0 Å². The van der Waals surface area contributed by atoms with Gasteiger partial charge in [-0.3, -0.25) is 14.5 Å². The number of pyridine rings is 2. The Morgan fingerprint density at radius 2 is 1.48 bits per heavy atom. The van der Waals surface area contributed by atoms with Crippen molar-refractivity contribution in [2.45, 2.75) is 45.8 Å². The molecule has 3 aromatic carbocycles. The minimum absolute atomic E-state index is 0.0820. The topological polar surface area (TPSA) is 63.8 Å². The summed E-state index contributed by atoms with van der Waals surface area (Å²) in [5.74, 6) is 0.851. The molecule has 6 rings (SSSR count). The zero-order chi connectivity index (χ0) is 29.6. The Balaban J connectivity index is 1.60. The molecule has 3 aromatic heterocycles. The Hall–Kier alpha value is -4.55. The number of rotatable bonds is 5. The predicted octanol–water partition coefficient (Wildman–Crippen LogP) is 8.36. The average Bonchev–Trinajstić information content (AvgIpc) is 3.36. The molecular formula is C36H36N4OSi. The molecule has 0 saturated carbocycles. The van der Waals surface area contributed by atoms with Gasteiger partial charge in [-0.15, -0.1) is 0 Å². The number of benzene rings is 3. The van der Waals surface area contributed by atoms with Gasteiger partial charge >= 0.3 is 0 Å². The number of phenolic OH excluding ortho intramolecular Hbond substituents is 1. The maximum Gasteiger partial charge on any atom is 0.149 e. The Bertz CT molecular complexity index is 1900. The van der Waals surface area contributed by atoms with Gasteiger partial charge in [-0.05, 0) is 70.8 Å². The van der Waals surface area contributed by atoms with Crippen LogP contribution in [0.25, 0.3) is 50.6 Å². The van der Waals surface area contributed by atoms with E-state index in [2.05, 4.69) is 87.4 Å². The Morgan fingerprint density at radius 1 is 0.762 bits per heavy atom. The van der Waals surface area contributed by atoms with E-state index in [1.807, 2.05) is 54.9 Å². The van der Waals surface area contributed by atoms with Crippen molar-refractivity contribution in [2.75, 3.05) is 0 Å². The summed E-state index contributed by atoms with van der Waals surface area (Å²) < 4.78 is 2.10. The third kappa shape index (κ3) is 5.14. The summed E-state index contributed by atoms with van der Waals surface area (Å²) in [5.41, 5.74) is 8.23. The molecule has 0 bridgehead atoms. The summed E-state index contributed by atoms with van der Waals surface area (Å²) in [6.07, 6.45) is 3.89. The highest BCUT2D eigenvalue weighted by Crippen LogP contribution is 2.38. The van der Waals surface area contributed by atoms with Crippen LogP contribution in [0.4, 0.5) is 0 Å². The van der Waals surface area contributed by atoms with E-state index < -0.39 is 8.07 Å². The van der Waals surface area contributed by atoms with Crippen LogP contribution in [0.5, 0.6) is 5.75 Å². The third-order valence-corrected chi connectivity index (χ3v) is 9.76. The standard InChI is InChI=1S/C36H36N4OSi/c1-36(2,3)26-21-24(30-17-16-28(23-38-30)42(4,5)6)20-25(22-26)33-34-31(18-19-37-33)40(27-12-8-7-9-13-27)35(39-34)29-14-10-11-15-32(29)41/h7-23,41H,1-6H3. The first-order valence-corrected chi connectivity index (χ1v) is 17.8. The summed E-state index contributed by atoms with van der Waals surface area (Å²) in [4.78, 5) is 15.0. The average molecular weight is 569 g/mol. The second-order valence-electron chi connectivity index (χ2n) is 12.9. The van der Waals surface area contributed by atoms with E-state index in [0.29, 0.717) is 11.4 Å². The SMILES string of the molecule is CC(C)(C)c1cc(-c2ccc([Si](C)(C)C)cn2)cc(-c2nccc3c2nc(-c2ccccc2O)n3-c2ccccc2)c1. The lowest BCUT2D eigenvalue weighted by molar-refractivity contribution is 0.477. The normalized spacial score (nSPS) is 12.1. The maximum atomic E-state index is 10.8. The van der Waals surface area contributed by atoms with E-state index in [9.17, 15) is 5.11 Å². The lowest BCUT2D eigenvalue weighted by Gasteiger charge is -2.22. The van der Waals surface area contributed by atoms with Crippen molar-refractivity contribution >= 4 is 24.3 Å². The number of fused-ring (bicyclic) bond motifs is 1. The fourth-order valence-electron chi connectivity index (χ4n) is 5.25. The first-order valence-electron chi connectivity index (χ1n) is 14.3. The summed E-state index contributed by atoms with van der Waals surface area (Å²) >= 11 is 0. The van der Waals surface area contributed by atoms with Crippen molar-refractivity contribution in [3.8, 4) is 45.3 Å². The first kappa shape index (κ1) is 27.6. The van der Waals surface area contributed by atoms with Crippen molar-refractivity contribution in [2.24, 2.45) is 0 Å². The minimum Gasteiger partial charge on any atom is -0.507 e. The second-order valence-corrected chi connectivity index (χ2v) is 18.0. The van der Waals surface area contributed by atoms with Crippen LogP contribution in [0.15, 0.2) is 103 Å². The van der Waals surface area contributed by atoms with Gasteiger partial charge in [-0.2, -0.15) is 0 Å². The molecule has 0 saturated heterocycles. The monoisotopic (exact) mass is 568 g/mol. The summed E-state index contributed by atoms with van der Waals surface area (Å²) in [5, 5.41) is 12.2. The summed E-state index contributed by atoms with van der Waals surface area (Å²) in [6, 6.07) is 30.5. The molecule has 42 heavy (non-hydrogen) atoms. The second kappa shape index (κ2) is 10.4. The van der Waals surface area contributed by atoms with Gasteiger partial charge in [0.25, 0.3) is 0 Å². The number of imidazole rings is 1. The zero-order valence-electron chi connectivity index (χ0n) is 25.1. The highest BCUT2D eigenvalue weighted by Gasteiger charge is 2.23. The van der Waals surface area contributed by atoms with Crippen molar-refractivity contribution < 1.29 is 5.11 Å². The van der Waals surface area contributed by atoms with Crippen LogP contribution in [-0.2, 0) is 5.41 Å². The largest absolute Gasteiger partial charge is 0.507 e. The molecule has 6 heteroatoms. The quantitative estimate of drug-likeness (QED) is 0.212. The molecule has 0 amide bonds. The van der Waals surface area contributed by atoms with Gasteiger partial charge < -0.3 is 5.11 Å². The molecule has 0 aliphatic heterocycles. The molecule has 5 nitrogen and oxygen atoms in total. The van der Waals surface area contributed by atoms with Crippen LogP contribution in [-0.4, -0.2) is 32.7 Å². The van der Waals surface area contributed by atoms with Gasteiger partial charge in [0.1, 0.15) is 17.1 Å². The molecule has 0 aliphatic carbocycles. The van der Waals surface area contributed by atoms with Crippen molar-refractivity contribution in [3.63, 3.8) is 0 Å². The molecule has 0 radical (unpaired) electrons. The van der Waals surface area contributed by atoms with E-state index in [1.54, 1.807) is 6.07 Å². The number of para-hydroxylation sites is 2. The lowest BCUT2D eigenvalue weighted by Crippen LogP contribution is -2.37. The Labute approximate surface area is 248 Å². The van der Waals surface area contributed by atoms with Crippen LogP contribution in [0.1, 0.15) is 26.3 Å². The number of hydrogen-bond donors (Lipinski definition) is 1. The smallest absolute Gasteiger partial charge is 0.149 e. The Kier molecular flexibility index (Phi) is 6.82. The van der Waals surface area contributed by atoms with Crippen molar-refractivity contribution in [1.82, 2.24) is 19.5 Å². The zero-order valence-corrected chi connectivity index (χ0v) is 26.1. The molecule has 0 spiro atoms. The fraction of sp³-hybridized carbons (Fsp3) is 0.194. The van der Waals surface area contributed by atoms with Crippen LogP contribution in [0.3, 0.4) is 0 Å². The van der Waals surface area contributed by atoms with E-state index in [0.717, 1.165) is 39.2 Å². The van der Waals surface area contributed by atoms with Gasteiger partial charge in [0.15, 0.2) is 0 Å². The lowest BCUT2D eigenvalue weighted by atomic mass is 9.84. The van der Waals surface area contributed by atoms with Gasteiger partial charge in [0.05, 0.1) is 30.5 Å². The van der Waals surface area contributed by atoms with E-state index in [4.69, 9.17) is 15.0 Å². The third-order valence-electron chi connectivity index (χ3n) is 7.73. The van der Waals surface area contributed by atoms with Gasteiger partial charge in [-0.25, -0.2) is 4.98 Å². The van der Waals surface area contributed by atoms with Crippen molar-refractivity contribution in [3.05, 3.63) is 109 Å². The van der Waals surface area contributed by atoms with E-state index >= 15 is 0 Å². The molecule has 6 aromatic rings. The molecule has 0 unspecified atom stereocenters. The number of nitrogens with zero attached hydrogens (tertiary/aromatic N) is 4. The van der Waals surface area contributed by atoms with E-state index in [1.165, 1.54) is 10.8 Å². The van der Waals surface area contributed by atoms with Crippen LogP contribution < -0.4 is 5.19 Å². The van der Waals surface area contributed by atoms with Crippen LogP contribution >= 0.6 is 0 Å². The minimum atomic E-state index is -1.46. The van der Waals surface area contributed by atoms with Crippen LogP contribution in [0, 0.1) is 0 Å². The predicted molar refractivity (Wildman–Crippen MR) is 176 cm³/mol. The Morgan fingerprint density at radius 3 is 2.14 bits per heavy atom.